The summed E-state index contributed by atoms with van der Waals surface area (Å²) in [7, 11) is 0.246. The lowest BCUT2D eigenvalue weighted by molar-refractivity contribution is -0.000649. The second-order valence-electron chi connectivity index (χ2n) is 18.1. The molecule has 2 amide bonds. The molecular formula is C46H64BrN2O5P. The van der Waals surface area contributed by atoms with Crippen LogP contribution in [0.3, 0.4) is 0 Å². The molecule has 0 radical (unpaired) electrons. The van der Waals surface area contributed by atoms with Crippen molar-refractivity contribution in [3.63, 3.8) is 0 Å². The Morgan fingerprint density at radius 3 is 1.25 bits per heavy atom. The van der Waals surface area contributed by atoms with Gasteiger partial charge in [0.25, 0.3) is 0 Å². The number of carbonyl (C=O) groups is 2. The Morgan fingerprint density at radius 1 is 0.618 bits per heavy atom. The van der Waals surface area contributed by atoms with Crippen LogP contribution in [0.15, 0.2) is 104 Å². The molecule has 3 aromatic carbocycles. The number of amides is 2. The fraction of sp³-hybridized carbons (Fsp3) is 0.522. The third-order valence-electron chi connectivity index (χ3n) is 11.9. The van der Waals surface area contributed by atoms with Gasteiger partial charge in [-0.15, -0.1) is 6.58 Å². The van der Waals surface area contributed by atoms with Gasteiger partial charge in [0, 0.05) is 18.2 Å². The van der Waals surface area contributed by atoms with Crippen LogP contribution < -0.4 is 43.5 Å². The van der Waals surface area contributed by atoms with Gasteiger partial charge < -0.3 is 41.8 Å². The van der Waals surface area contributed by atoms with E-state index < -0.39 is 18.5 Å². The molecule has 55 heavy (non-hydrogen) atoms. The molecular weight excluding hydrogens is 771 g/mol. The number of hydrogen-bond acceptors (Lipinski definition) is 5. The van der Waals surface area contributed by atoms with Crippen molar-refractivity contribution in [2.75, 3.05) is 13.8 Å². The van der Waals surface area contributed by atoms with Crippen molar-refractivity contribution in [2.24, 2.45) is 5.41 Å². The van der Waals surface area contributed by atoms with E-state index >= 15 is 0 Å². The molecule has 0 unspecified atom stereocenters. The largest absolute Gasteiger partial charge is 1.00 e. The predicted molar refractivity (Wildman–Crippen MR) is 224 cm³/mol. The molecule has 2 N–H and O–H groups in total. The number of ether oxygens (including phenoxy) is 3. The van der Waals surface area contributed by atoms with Crippen LogP contribution >= 0.6 is 7.26 Å². The lowest BCUT2D eigenvalue weighted by Gasteiger charge is -2.29. The molecule has 4 aliphatic rings. The Balaban J connectivity index is 0.000000183. The molecule has 3 aromatic rings. The van der Waals surface area contributed by atoms with E-state index in [0.717, 1.165) is 64.2 Å². The average molecular weight is 836 g/mol. The van der Waals surface area contributed by atoms with E-state index in [4.69, 9.17) is 14.2 Å². The van der Waals surface area contributed by atoms with Gasteiger partial charge in [-0.2, -0.15) is 0 Å². The van der Waals surface area contributed by atoms with E-state index in [-0.39, 0.29) is 51.3 Å². The highest BCUT2D eigenvalue weighted by molar-refractivity contribution is 7.95. The molecule has 4 bridgehead atoms. The summed E-state index contributed by atoms with van der Waals surface area (Å²) in [5, 5.41) is 10.4. The van der Waals surface area contributed by atoms with Gasteiger partial charge in [-0.25, -0.2) is 9.59 Å². The molecule has 0 aliphatic heterocycles. The monoisotopic (exact) mass is 834 g/mol. The molecule has 0 spiro atoms. The average Bonchev–Trinajstić information content (AvgIpc) is 3.89. The van der Waals surface area contributed by atoms with Gasteiger partial charge in [-0.1, -0.05) is 60.7 Å². The Labute approximate surface area is 341 Å². The molecule has 300 valence electrons. The minimum atomic E-state index is -1.53. The standard InChI is InChI=1S/C19H18P.C14H23NO2.C13H23NO3.BrH/c1-20(17-11-5-2-6-12-17,18-13-7-3-8-14-18)19-15-9-4-10-16-19;1-5-13-6-8-14(10-13,9-7-13)15-11(16)17-12(2,3)4;1-11(2,3)17-10(15)14-12-5-7-13(9-12,16-4)8-6-12;/h2-16H,1H3;5H,1,6-10H2,2-4H3,(H,15,16);5-9H2,1-4H3,(H,14,15);1H/q+1;;;/p-1. The molecule has 7 nitrogen and oxygen atoms in total. The van der Waals surface area contributed by atoms with Crippen molar-refractivity contribution in [1.82, 2.24) is 10.6 Å². The zero-order valence-corrected chi connectivity index (χ0v) is 36.9. The highest BCUT2D eigenvalue weighted by atomic mass is 79.9. The van der Waals surface area contributed by atoms with Crippen LogP contribution in [0.2, 0.25) is 0 Å². The number of hydrogen-bond donors (Lipinski definition) is 2. The number of fused-ring (bicyclic) bond motifs is 4. The third-order valence-corrected chi connectivity index (χ3v) is 15.9. The van der Waals surface area contributed by atoms with Gasteiger partial charge in [0.1, 0.15) is 34.4 Å². The molecule has 0 heterocycles. The van der Waals surface area contributed by atoms with Crippen molar-refractivity contribution in [3.05, 3.63) is 104 Å². The van der Waals surface area contributed by atoms with Crippen LogP contribution in [-0.2, 0) is 14.2 Å². The Kier molecular flexibility index (Phi) is 14.2. The third kappa shape index (κ3) is 11.0. The highest BCUT2D eigenvalue weighted by Gasteiger charge is 2.56. The first kappa shape index (κ1) is 44.5. The van der Waals surface area contributed by atoms with Crippen molar-refractivity contribution < 1.29 is 40.8 Å². The number of alkyl carbamates (subject to hydrolysis) is 2. The first-order chi connectivity index (χ1) is 25.4. The summed E-state index contributed by atoms with van der Waals surface area (Å²) in [5.41, 5.74) is -0.692. The van der Waals surface area contributed by atoms with E-state index in [1.54, 1.807) is 7.11 Å². The summed E-state index contributed by atoms with van der Waals surface area (Å²) in [6, 6.07) is 32.6. The molecule has 4 aliphatic carbocycles. The Bertz CT molecular complexity index is 1610. The molecule has 0 aromatic heterocycles. The maximum atomic E-state index is 11.8. The summed E-state index contributed by atoms with van der Waals surface area (Å²) in [5.74, 6) is 0. The van der Waals surface area contributed by atoms with Crippen molar-refractivity contribution in [1.29, 1.82) is 0 Å². The summed E-state index contributed by atoms with van der Waals surface area (Å²) < 4.78 is 16.3. The van der Waals surface area contributed by atoms with Gasteiger partial charge in [-0.05, 0) is 148 Å². The quantitative estimate of drug-likeness (QED) is 0.207. The van der Waals surface area contributed by atoms with Crippen LogP contribution in [0.4, 0.5) is 9.59 Å². The number of carbonyl (C=O) groups excluding carboxylic acids is 2. The number of allylic oxidation sites excluding steroid dienone is 1. The Morgan fingerprint density at radius 2 is 0.964 bits per heavy atom. The van der Waals surface area contributed by atoms with E-state index in [1.807, 2.05) is 41.5 Å². The van der Waals surface area contributed by atoms with Gasteiger partial charge in [0.2, 0.25) is 0 Å². The van der Waals surface area contributed by atoms with E-state index in [9.17, 15) is 9.59 Å². The number of halogens is 1. The maximum Gasteiger partial charge on any atom is 0.408 e. The van der Waals surface area contributed by atoms with Gasteiger partial charge in [0.15, 0.2) is 0 Å². The summed E-state index contributed by atoms with van der Waals surface area (Å²) in [6.07, 6.45) is 11.9. The summed E-state index contributed by atoms with van der Waals surface area (Å²) in [4.78, 5) is 23.6. The highest BCUT2D eigenvalue weighted by Crippen LogP contribution is 2.57. The fourth-order valence-corrected chi connectivity index (χ4v) is 12.2. The SMILES string of the molecule is C=CC12CCC(NC(=O)OC(C)(C)C)(CC1)C2.COC12CCC(NC(=O)OC(C)(C)C)(CC1)C2.C[P+](c1ccccc1)(c1ccccc1)c1ccccc1.[Br-]. The van der Waals surface area contributed by atoms with E-state index in [2.05, 4.69) is 121 Å². The van der Waals surface area contributed by atoms with Crippen LogP contribution in [0.5, 0.6) is 0 Å². The van der Waals surface area contributed by atoms with Gasteiger partial charge in [0.05, 0.1) is 12.3 Å². The van der Waals surface area contributed by atoms with Crippen molar-refractivity contribution in [3.8, 4) is 0 Å². The fourth-order valence-electron chi connectivity index (χ4n) is 8.97. The minimum Gasteiger partial charge on any atom is -1.00 e. The zero-order chi connectivity index (χ0) is 39.3. The van der Waals surface area contributed by atoms with Crippen LogP contribution in [-0.4, -0.2) is 53.8 Å². The molecule has 7 rings (SSSR count). The Hall–Kier alpha value is -3.19. The van der Waals surface area contributed by atoms with Crippen LogP contribution in [0.25, 0.3) is 0 Å². The second kappa shape index (κ2) is 17.5. The van der Waals surface area contributed by atoms with Crippen molar-refractivity contribution >= 4 is 35.4 Å². The van der Waals surface area contributed by atoms with Crippen molar-refractivity contribution in [2.45, 2.75) is 134 Å². The lowest BCUT2D eigenvalue weighted by Crippen LogP contribution is -3.00. The second-order valence-corrected chi connectivity index (χ2v) is 21.7. The van der Waals surface area contributed by atoms with E-state index in [0.29, 0.717) is 0 Å². The zero-order valence-electron chi connectivity index (χ0n) is 34.4. The van der Waals surface area contributed by atoms with Gasteiger partial charge in [-0.3, -0.25) is 0 Å². The summed E-state index contributed by atoms with van der Waals surface area (Å²) in [6.45, 7) is 17.7. The number of methoxy groups -OCH3 is 1. The molecule has 9 heteroatoms. The number of benzene rings is 3. The van der Waals surface area contributed by atoms with Crippen LogP contribution in [0, 0.1) is 5.41 Å². The molecule has 0 atom stereocenters. The van der Waals surface area contributed by atoms with Gasteiger partial charge >= 0.3 is 12.2 Å². The van der Waals surface area contributed by atoms with Crippen LogP contribution in [0.1, 0.15) is 106 Å². The minimum absolute atomic E-state index is 0. The lowest BCUT2D eigenvalue weighted by atomic mass is 9.84. The normalized spacial score (nSPS) is 26.3. The molecule has 4 saturated carbocycles. The smallest absolute Gasteiger partial charge is 0.408 e. The summed E-state index contributed by atoms with van der Waals surface area (Å²) >= 11 is 0. The predicted octanol–water partition coefficient (Wildman–Crippen LogP) is 6.63. The molecule has 0 saturated heterocycles. The van der Waals surface area contributed by atoms with E-state index in [1.165, 1.54) is 15.9 Å². The topological polar surface area (TPSA) is 85.9 Å². The first-order valence-corrected chi connectivity index (χ1v) is 21.9. The maximum absolute atomic E-state index is 11.8. The molecule has 4 fully saturated rings. The number of nitrogens with one attached hydrogen (secondary N) is 2. The number of rotatable bonds is 7. The first-order valence-electron chi connectivity index (χ1n) is 19.6.